The van der Waals surface area contributed by atoms with Crippen LogP contribution in [-0.4, -0.2) is 19.6 Å². The third-order valence-electron chi connectivity index (χ3n) is 4.07. The lowest BCUT2D eigenvalue weighted by atomic mass is 9.77. The van der Waals surface area contributed by atoms with E-state index in [9.17, 15) is 0 Å². The summed E-state index contributed by atoms with van der Waals surface area (Å²) in [5.41, 5.74) is 0. The number of hydrogen-bond acceptors (Lipinski definition) is 2. The van der Waals surface area contributed by atoms with Gasteiger partial charge in [-0.15, -0.1) is 0 Å². The van der Waals surface area contributed by atoms with Crippen LogP contribution in [0.3, 0.4) is 0 Å². The SMILES string of the molecule is COC1=NCCC(C2CCCCC2)CC1. The molecule has 15 heavy (non-hydrogen) atoms. The Morgan fingerprint density at radius 3 is 2.47 bits per heavy atom. The molecule has 0 aromatic carbocycles. The van der Waals surface area contributed by atoms with Crippen LogP contribution >= 0.6 is 0 Å². The minimum atomic E-state index is 0.918. The van der Waals surface area contributed by atoms with Crippen molar-refractivity contribution in [2.24, 2.45) is 16.8 Å². The first kappa shape index (κ1) is 11.0. The summed E-state index contributed by atoms with van der Waals surface area (Å²) in [6, 6.07) is 0. The third kappa shape index (κ3) is 2.96. The van der Waals surface area contributed by atoms with E-state index in [2.05, 4.69) is 4.99 Å². The number of ether oxygens (including phenoxy) is 1. The van der Waals surface area contributed by atoms with Gasteiger partial charge in [0.15, 0.2) is 5.90 Å². The van der Waals surface area contributed by atoms with E-state index in [0.717, 1.165) is 30.7 Å². The van der Waals surface area contributed by atoms with Crippen LogP contribution in [0.5, 0.6) is 0 Å². The number of hydrogen-bond donors (Lipinski definition) is 0. The largest absolute Gasteiger partial charge is 0.484 e. The fraction of sp³-hybridized carbons (Fsp3) is 0.923. The standard InChI is InChI=1S/C13H23NO/c1-15-13-8-7-12(9-10-14-13)11-5-3-2-4-6-11/h11-12H,2-10H2,1H3. The number of nitrogens with zero attached hydrogens (tertiary/aromatic N) is 1. The molecule has 2 nitrogen and oxygen atoms in total. The second-order valence-electron chi connectivity index (χ2n) is 4.97. The van der Waals surface area contributed by atoms with E-state index >= 15 is 0 Å². The molecule has 0 aromatic heterocycles. The van der Waals surface area contributed by atoms with E-state index < -0.39 is 0 Å². The highest BCUT2D eigenvalue weighted by Gasteiger charge is 2.24. The summed E-state index contributed by atoms with van der Waals surface area (Å²) in [7, 11) is 1.75. The summed E-state index contributed by atoms with van der Waals surface area (Å²) in [5, 5.41) is 0. The smallest absolute Gasteiger partial charge is 0.182 e. The van der Waals surface area contributed by atoms with E-state index in [-0.39, 0.29) is 0 Å². The Kier molecular flexibility index (Phi) is 4.04. The first-order chi connectivity index (χ1) is 7.40. The summed E-state index contributed by atoms with van der Waals surface area (Å²) in [5.74, 6) is 2.89. The first-order valence-electron chi connectivity index (χ1n) is 6.47. The van der Waals surface area contributed by atoms with Gasteiger partial charge in [0.25, 0.3) is 0 Å². The maximum atomic E-state index is 5.26. The minimum absolute atomic E-state index is 0.918. The summed E-state index contributed by atoms with van der Waals surface area (Å²) >= 11 is 0. The van der Waals surface area contributed by atoms with Crippen molar-refractivity contribution >= 4 is 5.90 Å². The number of rotatable bonds is 1. The Labute approximate surface area is 93.1 Å². The van der Waals surface area contributed by atoms with Crippen LogP contribution in [0.2, 0.25) is 0 Å². The summed E-state index contributed by atoms with van der Waals surface area (Å²) < 4.78 is 5.26. The molecule has 2 aliphatic rings. The van der Waals surface area contributed by atoms with Gasteiger partial charge in [-0.1, -0.05) is 32.1 Å². The molecule has 1 unspecified atom stereocenters. The predicted octanol–water partition coefficient (Wildman–Crippen LogP) is 3.41. The van der Waals surface area contributed by atoms with Gasteiger partial charge in [-0.3, -0.25) is 4.99 Å². The molecule has 0 radical (unpaired) electrons. The van der Waals surface area contributed by atoms with Crippen LogP contribution in [0.4, 0.5) is 0 Å². The van der Waals surface area contributed by atoms with Crippen molar-refractivity contribution in [1.82, 2.24) is 0 Å². The van der Waals surface area contributed by atoms with Crippen LogP contribution < -0.4 is 0 Å². The van der Waals surface area contributed by atoms with E-state index in [1.54, 1.807) is 7.11 Å². The van der Waals surface area contributed by atoms with Crippen molar-refractivity contribution < 1.29 is 4.74 Å². The molecule has 2 heteroatoms. The zero-order valence-corrected chi connectivity index (χ0v) is 9.87. The van der Waals surface area contributed by atoms with Crippen molar-refractivity contribution in [3.05, 3.63) is 0 Å². The van der Waals surface area contributed by atoms with E-state index in [4.69, 9.17) is 4.74 Å². The fourth-order valence-electron chi connectivity index (χ4n) is 3.13. The average Bonchev–Trinajstić information content (AvgIpc) is 2.55. The van der Waals surface area contributed by atoms with Crippen LogP contribution in [0.1, 0.15) is 51.4 Å². The highest BCUT2D eigenvalue weighted by molar-refractivity contribution is 5.76. The minimum Gasteiger partial charge on any atom is -0.484 e. The van der Waals surface area contributed by atoms with Crippen molar-refractivity contribution in [1.29, 1.82) is 0 Å². The Morgan fingerprint density at radius 2 is 1.73 bits per heavy atom. The third-order valence-corrected chi connectivity index (χ3v) is 4.07. The molecule has 2 rings (SSSR count). The molecule has 1 fully saturated rings. The monoisotopic (exact) mass is 209 g/mol. The molecule has 0 aromatic rings. The molecule has 1 aliphatic carbocycles. The second kappa shape index (κ2) is 5.53. The van der Waals surface area contributed by atoms with Crippen molar-refractivity contribution in [3.8, 4) is 0 Å². The lowest BCUT2D eigenvalue weighted by Crippen LogP contribution is -2.18. The molecule has 0 bridgehead atoms. The zero-order chi connectivity index (χ0) is 10.5. The Balaban J connectivity index is 1.84. The van der Waals surface area contributed by atoms with Gasteiger partial charge in [0, 0.05) is 13.0 Å². The highest BCUT2D eigenvalue weighted by Crippen LogP contribution is 2.35. The van der Waals surface area contributed by atoms with E-state index in [1.807, 2.05) is 0 Å². The number of aliphatic imine (C=N–C) groups is 1. The van der Waals surface area contributed by atoms with E-state index in [1.165, 1.54) is 44.9 Å². The molecule has 86 valence electrons. The van der Waals surface area contributed by atoms with Crippen molar-refractivity contribution in [2.45, 2.75) is 51.4 Å². The summed E-state index contributed by atoms with van der Waals surface area (Å²) in [6.07, 6.45) is 11.0. The Hall–Kier alpha value is -0.530. The van der Waals surface area contributed by atoms with Crippen LogP contribution in [0.15, 0.2) is 4.99 Å². The van der Waals surface area contributed by atoms with Gasteiger partial charge in [0.1, 0.15) is 0 Å². The van der Waals surface area contributed by atoms with E-state index in [0.29, 0.717) is 0 Å². The molecule has 0 spiro atoms. The van der Waals surface area contributed by atoms with Crippen LogP contribution in [0.25, 0.3) is 0 Å². The molecule has 0 amide bonds. The average molecular weight is 209 g/mol. The second-order valence-corrected chi connectivity index (χ2v) is 4.97. The molecule has 1 aliphatic heterocycles. The lowest BCUT2D eigenvalue weighted by molar-refractivity contribution is 0.230. The molecule has 0 saturated heterocycles. The zero-order valence-electron chi connectivity index (χ0n) is 9.87. The van der Waals surface area contributed by atoms with Crippen molar-refractivity contribution in [3.63, 3.8) is 0 Å². The summed E-state index contributed by atoms with van der Waals surface area (Å²) in [4.78, 5) is 4.48. The molecule has 1 saturated carbocycles. The molecule has 1 heterocycles. The van der Waals surface area contributed by atoms with Gasteiger partial charge in [0.05, 0.1) is 7.11 Å². The Bertz CT molecular complexity index is 219. The maximum absolute atomic E-state index is 5.26. The first-order valence-corrected chi connectivity index (χ1v) is 6.47. The molecule has 0 N–H and O–H groups in total. The highest BCUT2D eigenvalue weighted by atomic mass is 16.5. The van der Waals surface area contributed by atoms with Gasteiger partial charge in [-0.05, 0) is 24.7 Å². The maximum Gasteiger partial charge on any atom is 0.182 e. The van der Waals surface area contributed by atoms with Crippen LogP contribution in [0, 0.1) is 11.8 Å². The number of methoxy groups -OCH3 is 1. The van der Waals surface area contributed by atoms with Gasteiger partial charge in [-0.25, -0.2) is 0 Å². The fourth-order valence-corrected chi connectivity index (χ4v) is 3.13. The van der Waals surface area contributed by atoms with Crippen LogP contribution in [-0.2, 0) is 4.74 Å². The molecule has 1 atom stereocenters. The molecular formula is C13H23NO. The molecular weight excluding hydrogens is 186 g/mol. The van der Waals surface area contributed by atoms with Gasteiger partial charge in [0.2, 0.25) is 0 Å². The quantitative estimate of drug-likeness (QED) is 0.648. The predicted molar refractivity (Wildman–Crippen MR) is 63.2 cm³/mol. The van der Waals surface area contributed by atoms with Crippen molar-refractivity contribution in [2.75, 3.05) is 13.7 Å². The topological polar surface area (TPSA) is 21.6 Å². The Morgan fingerprint density at radius 1 is 1.00 bits per heavy atom. The van der Waals surface area contributed by atoms with Gasteiger partial charge >= 0.3 is 0 Å². The lowest BCUT2D eigenvalue weighted by Gasteiger charge is -2.29. The summed E-state index contributed by atoms with van der Waals surface area (Å²) in [6.45, 7) is 0.990. The van der Waals surface area contributed by atoms with Gasteiger partial charge < -0.3 is 4.74 Å². The van der Waals surface area contributed by atoms with Gasteiger partial charge in [-0.2, -0.15) is 0 Å². The normalized spacial score (nSPS) is 29.4.